The van der Waals surface area contributed by atoms with Gasteiger partial charge in [-0.05, 0) is 25.1 Å². The first-order chi connectivity index (χ1) is 11.0. The lowest BCUT2D eigenvalue weighted by molar-refractivity contribution is 0.600. The van der Waals surface area contributed by atoms with Crippen molar-refractivity contribution < 1.29 is 8.78 Å². The van der Waals surface area contributed by atoms with Gasteiger partial charge >= 0.3 is 0 Å². The Bertz CT molecular complexity index is 1130. The first kappa shape index (κ1) is 13.6. The van der Waals surface area contributed by atoms with Gasteiger partial charge in [0.05, 0.1) is 5.69 Å². The van der Waals surface area contributed by atoms with E-state index in [-0.39, 0.29) is 22.6 Å². The van der Waals surface area contributed by atoms with Crippen LogP contribution in [0, 0.1) is 18.6 Å². The summed E-state index contributed by atoms with van der Waals surface area (Å²) in [6, 6.07) is 6.01. The summed E-state index contributed by atoms with van der Waals surface area (Å²) in [7, 11) is 0. The van der Waals surface area contributed by atoms with E-state index in [0.29, 0.717) is 5.69 Å². The zero-order valence-corrected chi connectivity index (χ0v) is 12.0. The second-order valence-corrected chi connectivity index (χ2v) is 5.20. The van der Waals surface area contributed by atoms with Crippen LogP contribution < -0.4 is 5.56 Å². The van der Waals surface area contributed by atoms with E-state index in [9.17, 15) is 13.6 Å². The highest BCUT2D eigenvalue weighted by Gasteiger charge is 2.16. The molecule has 0 aliphatic rings. The first-order valence-corrected chi connectivity index (χ1v) is 6.87. The molecule has 0 saturated heterocycles. The topological polar surface area (TPSA) is 51.7 Å². The van der Waals surface area contributed by atoms with Crippen molar-refractivity contribution in [1.82, 2.24) is 18.8 Å². The molecule has 0 aromatic carbocycles. The Balaban J connectivity index is 2.06. The van der Waals surface area contributed by atoms with Gasteiger partial charge in [0.15, 0.2) is 11.5 Å². The zero-order chi connectivity index (χ0) is 16.1. The molecule has 0 aliphatic carbocycles. The molecule has 0 saturated carbocycles. The Morgan fingerprint density at radius 2 is 1.96 bits per heavy atom. The molecule has 4 rings (SSSR count). The lowest BCUT2D eigenvalue weighted by Gasteiger charge is -2.07. The van der Waals surface area contributed by atoms with Gasteiger partial charge in [-0.15, -0.1) is 0 Å². The molecule has 114 valence electrons. The Hall–Kier alpha value is -3.09. The Morgan fingerprint density at radius 1 is 1.13 bits per heavy atom. The SMILES string of the molecule is Cc1cn2cc(-c3nc4ccccn4c(=O)c3F)cc(F)c2n1. The molecule has 0 N–H and O–H groups in total. The third kappa shape index (κ3) is 2.01. The summed E-state index contributed by atoms with van der Waals surface area (Å²) in [5.41, 5.74) is 0.225. The van der Waals surface area contributed by atoms with Crippen LogP contribution in [0.5, 0.6) is 0 Å². The third-order valence-corrected chi connectivity index (χ3v) is 3.58. The highest BCUT2D eigenvalue weighted by Crippen LogP contribution is 2.22. The summed E-state index contributed by atoms with van der Waals surface area (Å²) in [6.45, 7) is 1.73. The number of fused-ring (bicyclic) bond motifs is 2. The predicted octanol–water partition coefficient (Wildman–Crippen LogP) is 2.60. The molecule has 7 heteroatoms. The van der Waals surface area contributed by atoms with Crippen molar-refractivity contribution in [1.29, 1.82) is 0 Å². The predicted molar refractivity (Wildman–Crippen MR) is 80.3 cm³/mol. The van der Waals surface area contributed by atoms with Gasteiger partial charge in [-0.25, -0.2) is 14.4 Å². The Kier molecular flexibility index (Phi) is 2.77. The summed E-state index contributed by atoms with van der Waals surface area (Å²) in [4.78, 5) is 20.3. The fourth-order valence-electron chi connectivity index (χ4n) is 2.57. The van der Waals surface area contributed by atoms with Crippen molar-refractivity contribution in [3.8, 4) is 11.3 Å². The average molecular weight is 312 g/mol. The number of hydrogen-bond acceptors (Lipinski definition) is 3. The van der Waals surface area contributed by atoms with Crippen molar-refractivity contribution in [2.45, 2.75) is 6.92 Å². The van der Waals surface area contributed by atoms with E-state index in [4.69, 9.17) is 0 Å². The molecule has 4 aromatic heterocycles. The summed E-state index contributed by atoms with van der Waals surface area (Å²) in [5.74, 6) is -1.63. The minimum atomic E-state index is -1.02. The molecule has 0 unspecified atom stereocenters. The number of halogens is 2. The molecular formula is C16H10F2N4O. The lowest BCUT2D eigenvalue weighted by atomic mass is 10.2. The van der Waals surface area contributed by atoms with Crippen molar-refractivity contribution >= 4 is 11.3 Å². The molecule has 0 atom stereocenters. The fourth-order valence-corrected chi connectivity index (χ4v) is 2.57. The third-order valence-electron chi connectivity index (χ3n) is 3.58. The molecule has 0 fully saturated rings. The molecule has 0 radical (unpaired) electrons. The summed E-state index contributed by atoms with van der Waals surface area (Å²) >= 11 is 0. The van der Waals surface area contributed by atoms with Gasteiger partial charge in [0, 0.05) is 24.2 Å². The number of imidazole rings is 1. The van der Waals surface area contributed by atoms with E-state index in [1.54, 1.807) is 31.3 Å². The minimum absolute atomic E-state index is 0.143. The fraction of sp³-hybridized carbons (Fsp3) is 0.0625. The van der Waals surface area contributed by atoms with Gasteiger partial charge in [0.1, 0.15) is 11.3 Å². The molecule has 0 spiro atoms. The van der Waals surface area contributed by atoms with Gasteiger partial charge in [-0.1, -0.05) is 6.07 Å². The van der Waals surface area contributed by atoms with Crippen molar-refractivity contribution in [3.63, 3.8) is 0 Å². The van der Waals surface area contributed by atoms with E-state index < -0.39 is 17.2 Å². The maximum absolute atomic E-state index is 14.4. The average Bonchev–Trinajstić information content (AvgIpc) is 2.92. The van der Waals surface area contributed by atoms with E-state index in [1.807, 2.05) is 0 Å². The van der Waals surface area contributed by atoms with Crippen LogP contribution in [-0.2, 0) is 0 Å². The van der Waals surface area contributed by atoms with Crippen LogP contribution in [-0.4, -0.2) is 18.8 Å². The first-order valence-electron chi connectivity index (χ1n) is 6.87. The number of rotatable bonds is 1. The molecule has 4 aromatic rings. The van der Waals surface area contributed by atoms with Gasteiger partial charge in [-0.2, -0.15) is 4.39 Å². The maximum Gasteiger partial charge on any atom is 0.294 e. The number of hydrogen-bond donors (Lipinski definition) is 0. The smallest absolute Gasteiger partial charge is 0.294 e. The van der Waals surface area contributed by atoms with Gasteiger partial charge < -0.3 is 4.40 Å². The maximum atomic E-state index is 14.4. The largest absolute Gasteiger partial charge is 0.304 e. The number of nitrogens with zero attached hydrogens (tertiary/aromatic N) is 4. The van der Waals surface area contributed by atoms with Crippen LogP contribution in [0.25, 0.3) is 22.6 Å². The zero-order valence-electron chi connectivity index (χ0n) is 12.0. The van der Waals surface area contributed by atoms with Gasteiger partial charge in [0.25, 0.3) is 5.56 Å². The van der Waals surface area contributed by atoms with Crippen LogP contribution in [0.2, 0.25) is 0 Å². The monoisotopic (exact) mass is 312 g/mol. The van der Waals surface area contributed by atoms with E-state index >= 15 is 0 Å². The van der Waals surface area contributed by atoms with Crippen molar-refractivity contribution in [2.24, 2.45) is 0 Å². The second-order valence-electron chi connectivity index (χ2n) is 5.20. The minimum Gasteiger partial charge on any atom is -0.304 e. The van der Waals surface area contributed by atoms with Crippen LogP contribution in [0.3, 0.4) is 0 Å². The van der Waals surface area contributed by atoms with Gasteiger partial charge in [0.2, 0.25) is 5.82 Å². The lowest BCUT2D eigenvalue weighted by Crippen LogP contribution is -2.19. The molecule has 0 bridgehead atoms. The summed E-state index contributed by atoms with van der Waals surface area (Å²) < 4.78 is 31.1. The second kappa shape index (κ2) is 4.70. The molecule has 4 heterocycles. The highest BCUT2D eigenvalue weighted by molar-refractivity contribution is 5.64. The summed E-state index contributed by atoms with van der Waals surface area (Å²) in [6.07, 6.45) is 4.55. The quantitative estimate of drug-likeness (QED) is 0.543. The molecule has 0 amide bonds. The Morgan fingerprint density at radius 3 is 2.78 bits per heavy atom. The van der Waals surface area contributed by atoms with Crippen LogP contribution >= 0.6 is 0 Å². The normalized spacial score (nSPS) is 11.4. The van der Waals surface area contributed by atoms with E-state index in [0.717, 1.165) is 10.5 Å². The molecular weight excluding hydrogens is 302 g/mol. The van der Waals surface area contributed by atoms with E-state index in [2.05, 4.69) is 9.97 Å². The van der Waals surface area contributed by atoms with Crippen LogP contribution in [0.1, 0.15) is 5.69 Å². The molecule has 0 aliphatic heterocycles. The molecule has 5 nitrogen and oxygen atoms in total. The van der Waals surface area contributed by atoms with Crippen molar-refractivity contribution in [3.05, 3.63) is 70.5 Å². The number of aromatic nitrogens is 4. The number of aryl methyl sites for hydroxylation is 1. The molecule has 23 heavy (non-hydrogen) atoms. The highest BCUT2D eigenvalue weighted by atomic mass is 19.1. The number of pyridine rings is 2. The summed E-state index contributed by atoms with van der Waals surface area (Å²) in [5, 5.41) is 0. The van der Waals surface area contributed by atoms with Crippen molar-refractivity contribution in [2.75, 3.05) is 0 Å². The standard InChI is InChI=1S/C16H10F2N4O/c1-9-7-21-8-10(6-11(17)15(21)19-9)14-13(18)16(23)22-5-3-2-4-12(22)20-14/h2-8H,1H3. The van der Waals surface area contributed by atoms with Crippen LogP contribution in [0.4, 0.5) is 8.78 Å². The van der Waals surface area contributed by atoms with E-state index in [1.165, 1.54) is 16.8 Å². The van der Waals surface area contributed by atoms with Crippen LogP contribution in [0.15, 0.2) is 47.7 Å². The Labute approximate surface area is 128 Å². The van der Waals surface area contributed by atoms with Gasteiger partial charge in [-0.3, -0.25) is 9.20 Å².